The van der Waals surface area contributed by atoms with Crippen LogP contribution >= 0.6 is 24.0 Å². The minimum Gasteiger partial charge on any atom is -0.383 e. The van der Waals surface area contributed by atoms with Crippen molar-refractivity contribution >= 4 is 29.9 Å². The molecule has 1 aromatic rings. The van der Waals surface area contributed by atoms with Crippen LogP contribution in [0.3, 0.4) is 0 Å². The lowest BCUT2D eigenvalue weighted by Gasteiger charge is -2.21. The van der Waals surface area contributed by atoms with E-state index >= 15 is 0 Å². The van der Waals surface area contributed by atoms with Crippen LogP contribution in [0.15, 0.2) is 17.4 Å². The topological polar surface area (TPSA) is 86.9 Å². The van der Waals surface area contributed by atoms with E-state index in [0.717, 1.165) is 38.3 Å². The van der Waals surface area contributed by atoms with E-state index in [-0.39, 0.29) is 30.5 Å². The molecule has 146 valence electrons. The molecule has 0 aromatic carbocycles. The van der Waals surface area contributed by atoms with E-state index in [1.54, 1.807) is 31.1 Å². The molecule has 1 unspecified atom stereocenters. The second-order valence-electron chi connectivity index (χ2n) is 6.09. The van der Waals surface area contributed by atoms with Gasteiger partial charge in [0.05, 0.1) is 19.3 Å². The number of nitrogens with one attached hydrogen (secondary N) is 2. The highest BCUT2D eigenvalue weighted by atomic mass is 127. The lowest BCUT2D eigenvalue weighted by molar-refractivity contribution is 0.0671. The van der Waals surface area contributed by atoms with Crippen molar-refractivity contribution in [2.45, 2.75) is 19.4 Å². The molecule has 9 heteroatoms. The molecule has 0 saturated heterocycles. The van der Waals surface area contributed by atoms with Crippen LogP contribution in [0.25, 0.3) is 0 Å². The van der Waals surface area contributed by atoms with Crippen molar-refractivity contribution in [3.8, 4) is 0 Å². The minimum atomic E-state index is -1.05. The zero-order valence-corrected chi connectivity index (χ0v) is 18.3. The molecular weight excluding hydrogens is 435 g/mol. The Balaban J connectivity index is 0.00000576. The van der Waals surface area contributed by atoms with Crippen molar-refractivity contribution in [2.24, 2.45) is 12.0 Å². The van der Waals surface area contributed by atoms with Crippen LogP contribution in [0.1, 0.15) is 19.4 Å². The maximum atomic E-state index is 10.6. The second kappa shape index (κ2) is 12.4. The number of nitrogens with zero attached hydrogens (tertiary/aromatic N) is 4. The monoisotopic (exact) mass is 468 g/mol. The van der Waals surface area contributed by atoms with Crippen molar-refractivity contribution in [1.82, 2.24) is 25.3 Å². The quantitative estimate of drug-likeness (QED) is 0.262. The van der Waals surface area contributed by atoms with Gasteiger partial charge in [0.15, 0.2) is 5.96 Å². The largest absolute Gasteiger partial charge is 0.383 e. The summed E-state index contributed by atoms with van der Waals surface area (Å²) in [5.41, 5.74) is -0.296. The predicted molar refractivity (Wildman–Crippen MR) is 112 cm³/mol. The minimum absolute atomic E-state index is 0. The van der Waals surface area contributed by atoms with E-state index in [4.69, 9.17) is 4.74 Å². The standard InChI is InChI=1S/C16H32N6O2.HI/c1-6-17-15(18-7-8-21(3)9-10-24-5)19-13-16(2,23)14-11-20-22(4)12-14;/h11-12,23H,6-10,13H2,1-5H3,(H2,17,18,19);1H. The van der Waals surface area contributed by atoms with E-state index in [9.17, 15) is 5.11 Å². The lowest BCUT2D eigenvalue weighted by Crippen LogP contribution is -2.42. The van der Waals surface area contributed by atoms with Crippen LogP contribution in [-0.4, -0.2) is 79.2 Å². The Morgan fingerprint density at radius 1 is 1.44 bits per heavy atom. The van der Waals surface area contributed by atoms with Gasteiger partial charge in [-0.05, 0) is 20.9 Å². The third-order valence-corrected chi connectivity index (χ3v) is 3.68. The molecule has 0 radical (unpaired) electrons. The molecule has 3 N–H and O–H groups in total. The fourth-order valence-corrected chi connectivity index (χ4v) is 2.09. The summed E-state index contributed by atoms with van der Waals surface area (Å²) in [6, 6.07) is 0. The second-order valence-corrected chi connectivity index (χ2v) is 6.09. The molecule has 0 amide bonds. The summed E-state index contributed by atoms with van der Waals surface area (Å²) in [6.45, 7) is 8.04. The van der Waals surface area contributed by atoms with Crippen LogP contribution in [0, 0.1) is 0 Å². The van der Waals surface area contributed by atoms with E-state index < -0.39 is 5.60 Å². The number of methoxy groups -OCH3 is 1. The van der Waals surface area contributed by atoms with Gasteiger partial charge in [0.1, 0.15) is 5.60 Å². The Morgan fingerprint density at radius 2 is 2.16 bits per heavy atom. The maximum absolute atomic E-state index is 10.6. The summed E-state index contributed by atoms with van der Waals surface area (Å²) >= 11 is 0. The zero-order chi connectivity index (χ0) is 18.0. The summed E-state index contributed by atoms with van der Waals surface area (Å²) < 4.78 is 6.74. The van der Waals surface area contributed by atoms with Gasteiger partial charge in [-0.1, -0.05) is 0 Å². The summed E-state index contributed by atoms with van der Waals surface area (Å²) in [5, 5.41) is 21.2. The first-order valence-electron chi connectivity index (χ1n) is 8.30. The number of aryl methyl sites for hydroxylation is 1. The Labute approximate surface area is 168 Å². The molecule has 0 aliphatic carbocycles. The molecule has 1 aromatic heterocycles. The first kappa shape index (κ1) is 24.1. The van der Waals surface area contributed by atoms with E-state index in [0.29, 0.717) is 5.96 Å². The molecule has 1 rings (SSSR count). The molecule has 0 bridgehead atoms. The SMILES string of the molecule is CCNC(=NCC(C)(O)c1cnn(C)c1)NCCN(C)CCOC.I. The summed E-state index contributed by atoms with van der Waals surface area (Å²) in [7, 11) is 5.59. The maximum Gasteiger partial charge on any atom is 0.191 e. The van der Waals surface area contributed by atoms with Crippen molar-refractivity contribution < 1.29 is 9.84 Å². The van der Waals surface area contributed by atoms with Gasteiger partial charge < -0.3 is 25.4 Å². The summed E-state index contributed by atoms with van der Waals surface area (Å²) in [5.74, 6) is 0.696. The molecule has 0 fully saturated rings. The van der Waals surface area contributed by atoms with Crippen LogP contribution in [0.2, 0.25) is 0 Å². The molecule has 1 atom stereocenters. The smallest absolute Gasteiger partial charge is 0.191 e. The fraction of sp³-hybridized carbons (Fsp3) is 0.750. The molecule has 25 heavy (non-hydrogen) atoms. The van der Waals surface area contributed by atoms with Gasteiger partial charge in [-0.15, -0.1) is 24.0 Å². The number of aliphatic imine (C=N–C) groups is 1. The number of likely N-dealkylation sites (N-methyl/N-ethyl adjacent to an activating group) is 1. The van der Waals surface area contributed by atoms with Crippen LogP contribution in [0.5, 0.6) is 0 Å². The van der Waals surface area contributed by atoms with E-state index in [2.05, 4.69) is 32.7 Å². The van der Waals surface area contributed by atoms with Crippen LogP contribution in [0.4, 0.5) is 0 Å². The molecule has 8 nitrogen and oxygen atoms in total. The number of aromatic nitrogens is 2. The van der Waals surface area contributed by atoms with Crippen LogP contribution < -0.4 is 10.6 Å². The van der Waals surface area contributed by atoms with Crippen molar-refractivity contribution in [3.05, 3.63) is 18.0 Å². The number of aliphatic hydroxyl groups is 1. The summed E-state index contributed by atoms with van der Waals surface area (Å²) in [4.78, 5) is 6.68. The van der Waals surface area contributed by atoms with Crippen molar-refractivity contribution in [3.63, 3.8) is 0 Å². The highest BCUT2D eigenvalue weighted by molar-refractivity contribution is 14.0. The molecular formula is C16H33IN6O2. The van der Waals surface area contributed by atoms with Gasteiger partial charge in [-0.25, -0.2) is 4.99 Å². The number of hydrogen-bond donors (Lipinski definition) is 3. The first-order chi connectivity index (χ1) is 11.4. The Morgan fingerprint density at radius 3 is 2.72 bits per heavy atom. The fourth-order valence-electron chi connectivity index (χ4n) is 2.09. The molecule has 0 aliphatic rings. The number of halogens is 1. The highest BCUT2D eigenvalue weighted by Gasteiger charge is 2.24. The van der Waals surface area contributed by atoms with Gasteiger partial charge >= 0.3 is 0 Å². The van der Waals surface area contributed by atoms with E-state index in [1.165, 1.54) is 0 Å². The zero-order valence-electron chi connectivity index (χ0n) is 15.9. The number of ether oxygens (including phenoxy) is 1. The van der Waals surface area contributed by atoms with E-state index in [1.807, 2.05) is 14.0 Å². The molecule has 0 aliphatic heterocycles. The average Bonchev–Trinajstić information content (AvgIpc) is 2.98. The van der Waals surface area contributed by atoms with Gasteiger partial charge in [-0.3, -0.25) is 4.68 Å². The normalized spacial score (nSPS) is 14.1. The van der Waals surface area contributed by atoms with Gasteiger partial charge in [0.2, 0.25) is 0 Å². The average molecular weight is 468 g/mol. The molecule has 0 saturated carbocycles. The number of hydrogen-bond acceptors (Lipinski definition) is 5. The Bertz CT molecular complexity index is 507. The third kappa shape index (κ3) is 9.38. The number of rotatable bonds is 10. The van der Waals surface area contributed by atoms with Crippen molar-refractivity contribution in [1.29, 1.82) is 0 Å². The Kier molecular flexibility index (Phi) is 12.0. The molecule has 1 heterocycles. The first-order valence-corrected chi connectivity index (χ1v) is 8.30. The number of guanidine groups is 1. The lowest BCUT2D eigenvalue weighted by atomic mass is 10.0. The van der Waals surface area contributed by atoms with Crippen molar-refractivity contribution in [2.75, 3.05) is 53.5 Å². The third-order valence-electron chi connectivity index (χ3n) is 3.68. The van der Waals surface area contributed by atoms with Crippen LogP contribution in [-0.2, 0) is 17.4 Å². The van der Waals surface area contributed by atoms with Gasteiger partial charge in [0.25, 0.3) is 0 Å². The van der Waals surface area contributed by atoms with Gasteiger partial charge in [-0.2, -0.15) is 5.10 Å². The molecule has 0 spiro atoms. The summed E-state index contributed by atoms with van der Waals surface area (Å²) in [6.07, 6.45) is 3.47. The Hall–Kier alpha value is -0.910. The predicted octanol–water partition coefficient (Wildman–Crippen LogP) is 0.379. The highest BCUT2D eigenvalue weighted by Crippen LogP contribution is 2.19. The van der Waals surface area contributed by atoms with Gasteiger partial charge in [0, 0.05) is 52.1 Å².